The summed E-state index contributed by atoms with van der Waals surface area (Å²) in [5, 5.41) is 42.6. The number of aliphatic carboxylic acids is 1. The van der Waals surface area contributed by atoms with Gasteiger partial charge >= 0.3 is 5.97 Å². The Morgan fingerprint density at radius 2 is 2.00 bits per heavy atom. The number of carboxylic acid groups (broad SMARTS) is 1. The molecule has 1 fully saturated rings. The summed E-state index contributed by atoms with van der Waals surface area (Å²) in [6.07, 6.45) is 10.6. The van der Waals surface area contributed by atoms with E-state index in [4.69, 9.17) is 5.11 Å². The molecule has 0 bridgehead atoms. The van der Waals surface area contributed by atoms with E-state index in [1.807, 2.05) is 17.5 Å². The van der Waals surface area contributed by atoms with Gasteiger partial charge in [0.25, 0.3) is 0 Å². The van der Waals surface area contributed by atoms with Gasteiger partial charge in [-0.3, -0.25) is 4.79 Å². The number of nitrogens with zero attached hydrogens (tertiary/aromatic N) is 1. The maximum atomic E-state index is 10.5. The van der Waals surface area contributed by atoms with E-state index in [0.29, 0.717) is 25.7 Å². The lowest BCUT2D eigenvalue weighted by atomic mass is 9.88. The van der Waals surface area contributed by atoms with E-state index in [-0.39, 0.29) is 24.5 Å². The summed E-state index contributed by atoms with van der Waals surface area (Å²) >= 11 is 1.62. The Kier molecular flexibility index (Phi) is 8.97. The molecule has 1 aromatic rings. The number of aliphatic hydroxyl groups excluding tert-OH is 3. The van der Waals surface area contributed by atoms with Crippen molar-refractivity contribution in [1.82, 2.24) is 4.98 Å². The SMILES string of the molecule is O=C(O)CCC/C=C\CC1C(/C(O)=C\CCCc2nccs2)[C@@H](O)C[C@@H]1O. The van der Waals surface area contributed by atoms with Gasteiger partial charge in [-0.25, -0.2) is 4.98 Å². The molecule has 1 saturated carbocycles. The first-order chi connectivity index (χ1) is 13.0. The number of hydrogen-bond acceptors (Lipinski definition) is 6. The smallest absolute Gasteiger partial charge is 0.303 e. The highest BCUT2D eigenvalue weighted by Crippen LogP contribution is 2.39. The summed E-state index contributed by atoms with van der Waals surface area (Å²) in [6.45, 7) is 0. The summed E-state index contributed by atoms with van der Waals surface area (Å²) in [7, 11) is 0. The van der Waals surface area contributed by atoms with Crippen molar-refractivity contribution in [3.05, 3.63) is 40.6 Å². The van der Waals surface area contributed by atoms with Gasteiger partial charge in [0.05, 0.1) is 23.0 Å². The van der Waals surface area contributed by atoms with E-state index in [1.54, 1.807) is 23.6 Å². The molecule has 6 nitrogen and oxygen atoms in total. The molecule has 150 valence electrons. The highest BCUT2D eigenvalue weighted by molar-refractivity contribution is 7.09. The molecule has 7 heteroatoms. The molecule has 2 unspecified atom stereocenters. The molecule has 1 aromatic heterocycles. The number of aryl methyl sites for hydroxylation is 1. The van der Waals surface area contributed by atoms with Crippen LogP contribution in [0.2, 0.25) is 0 Å². The highest BCUT2D eigenvalue weighted by Gasteiger charge is 2.43. The second-order valence-electron chi connectivity index (χ2n) is 7.00. The maximum Gasteiger partial charge on any atom is 0.303 e. The minimum atomic E-state index is -0.803. The van der Waals surface area contributed by atoms with Gasteiger partial charge in [-0.05, 0) is 44.6 Å². The number of carboxylic acids is 1. The molecule has 4 N–H and O–H groups in total. The van der Waals surface area contributed by atoms with Gasteiger partial charge in [0.15, 0.2) is 0 Å². The Balaban J connectivity index is 1.82. The van der Waals surface area contributed by atoms with Crippen LogP contribution in [0.5, 0.6) is 0 Å². The lowest BCUT2D eigenvalue weighted by Gasteiger charge is -2.22. The summed E-state index contributed by atoms with van der Waals surface area (Å²) < 4.78 is 0. The number of unbranched alkanes of at least 4 members (excludes halogenated alkanes) is 2. The minimum Gasteiger partial charge on any atom is -0.512 e. The number of rotatable bonds is 11. The highest BCUT2D eigenvalue weighted by atomic mass is 32.1. The Bertz CT molecular complexity index is 628. The van der Waals surface area contributed by atoms with Gasteiger partial charge in [0.2, 0.25) is 0 Å². The van der Waals surface area contributed by atoms with Crippen LogP contribution >= 0.6 is 11.3 Å². The number of aromatic nitrogens is 1. The van der Waals surface area contributed by atoms with Crippen molar-refractivity contribution >= 4 is 17.3 Å². The molecule has 0 aliphatic heterocycles. The van der Waals surface area contributed by atoms with Crippen LogP contribution in [-0.4, -0.2) is 43.6 Å². The molecule has 0 spiro atoms. The molecule has 2 rings (SSSR count). The first kappa shape index (κ1) is 21.6. The second kappa shape index (κ2) is 11.2. The molecule has 1 heterocycles. The van der Waals surface area contributed by atoms with Gasteiger partial charge in [0.1, 0.15) is 0 Å². The van der Waals surface area contributed by atoms with Crippen LogP contribution in [0.3, 0.4) is 0 Å². The second-order valence-corrected chi connectivity index (χ2v) is 7.98. The van der Waals surface area contributed by atoms with E-state index in [0.717, 1.165) is 17.8 Å². The predicted octanol–water partition coefficient (Wildman–Crippen LogP) is 3.47. The molecule has 4 atom stereocenters. The van der Waals surface area contributed by atoms with Gasteiger partial charge in [-0.2, -0.15) is 0 Å². The lowest BCUT2D eigenvalue weighted by Crippen LogP contribution is -2.23. The van der Waals surface area contributed by atoms with Crippen LogP contribution in [0, 0.1) is 11.8 Å². The average Bonchev–Trinajstić information content (AvgIpc) is 3.22. The fraction of sp³-hybridized carbons (Fsp3) is 0.600. The normalized spacial score (nSPS) is 26.1. The fourth-order valence-electron chi connectivity index (χ4n) is 3.57. The molecule has 1 aliphatic rings. The van der Waals surface area contributed by atoms with Crippen molar-refractivity contribution in [2.75, 3.05) is 0 Å². The Hall–Kier alpha value is -1.70. The number of aliphatic hydroxyl groups is 3. The van der Waals surface area contributed by atoms with E-state index >= 15 is 0 Å². The first-order valence-corrected chi connectivity index (χ1v) is 10.4. The number of hydrogen-bond donors (Lipinski definition) is 4. The largest absolute Gasteiger partial charge is 0.512 e. The van der Waals surface area contributed by atoms with Crippen molar-refractivity contribution in [3.63, 3.8) is 0 Å². The lowest BCUT2D eigenvalue weighted by molar-refractivity contribution is -0.137. The first-order valence-electron chi connectivity index (χ1n) is 9.49. The van der Waals surface area contributed by atoms with Crippen LogP contribution in [0.25, 0.3) is 0 Å². The van der Waals surface area contributed by atoms with Crippen molar-refractivity contribution in [1.29, 1.82) is 0 Å². The molecule has 27 heavy (non-hydrogen) atoms. The molecule has 0 saturated heterocycles. The minimum absolute atomic E-state index is 0.141. The van der Waals surface area contributed by atoms with Gasteiger partial charge in [-0.1, -0.05) is 12.2 Å². The Labute approximate surface area is 163 Å². The summed E-state index contributed by atoms with van der Waals surface area (Å²) in [4.78, 5) is 14.7. The van der Waals surface area contributed by atoms with E-state index in [2.05, 4.69) is 4.98 Å². The standard InChI is InChI=1S/C20H29NO5S/c22-15(8-5-6-9-18-21-11-12-27-18)20-14(16(23)13-17(20)24)7-3-1-2-4-10-19(25)26/h1,3,8,11-12,14,16-17,20,22-24H,2,4-7,9-10,13H2,(H,25,26)/b3-1-,15-8+/t14?,16-,17-,20?/m0/s1. The molecular weight excluding hydrogens is 366 g/mol. The van der Waals surface area contributed by atoms with Gasteiger partial charge in [0, 0.05) is 36.3 Å². The molecule has 0 radical (unpaired) electrons. The zero-order chi connectivity index (χ0) is 19.6. The number of thiazole rings is 1. The molecule has 0 aromatic carbocycles. The average molecular weight is 396 g/mol. The van der Waals surface area contributed by atoms with Crippen LogP contribution in [-0.2, 0) is 11.2 Å². The van der Waals surface area contributed by atoms with Crippen molar-refractivity contribution in [3.8, 4) is 0 Å². The summed E-state index contributed by atoms with van der Waals surface area (Å²) in [5.41, 5.74) is 0. The predicted molar refractivity (Wildman–Crippen MR) is 105 cm³/mol. The van der Waals surface area contributed by atoms with Crippen molar-refractivity contribution in [2.24, 2.45) is 11.8 Å². The van der Waals surface area contributed by atoms with Crippen molar-refractivity contribution in [2.45, 2.75) is 63.6 Å². The zero-order valence-electron chi connectivity index (χ0n) is 15.4. The molecule has 1 aliphatic carbocycles. The third kappa shape index (κ3) is 7.08. The van der Waals surface area contributed by atoms with Gasteiger partial charge < -0.3 is 20.4 Å². The Morgan fingerprint density at radius 1 is 1.19 bits per heavy atom. The number of carbonyl (C=O) groups is 1. The van der Waals surface area contributed by atoms with Crippen LogP contribution < -0.4 is 0 Å². The van der Waals surface area contributed by atoms with E-state index in [9.17, 15) is 20.1 Å². The zero-order valence-corrected chi connectivity index (χ0v) is 16.2. The molecular formula is C20H29NO5S. The van der Waals surface area contributed by atoms with Crippen LogP contribution in [0.1, 0.15) is 50.0 Å². The molecule has 0 amide bonds. The van der Waals surface area contributed by atoms with E-state index < -0.39 is 24.1 Å². The summed E-state index contributed by atoms with van der Waals surface area (Å²) in [5.74, 6) is -1.33. The van der Waals surface area contributed by atoms with Crippen molar-refractivity contribution < 1.29 is 25.2 Å². The monoisotopic (exact) mass is 395 g/mol. The third-order valence-electron chi connectivity index (χ3n) is 4.96. The van der Waals surface area contributed by atoms with Crippen LogP contribution in [0.4, 0.5) is 0 Å². The topological polar surface area (TPSA) is 111 Å². The quantitative estimate of drug-likeness (QED) is 0.259. The van der Waals surface area contributed by atoms with Crippen LogP contribution in [0.15, 0.2) is 35.6 Å². The Morgan fingerprint density at radius 3 is 2.70 bits per heavy atom. The van der Waals surface area contributed by atoms with E-state index in [1.165, 1.54) is 0 Å². The maximum absolute atomic E-state index is 10.5. The third-order valence-corrected chi connectivity index (χ3v) is 5.80. The number of allylic oxidation sites excluding steroid dienone is 3. The summed E-state index contributed by atoms with van der Waals surface area (Å²) in [6, 6.07) is 0. The fourth-order valence-corrected chi connectivity index (χ4v) is 4.23. The van der Waals surface area contributed by atoms with Gasteiger partial charge in [-0.15, -0.1) is 11.3 Å².